The van der Waals surface area contributed by atoms with Gasteiger partial charge >= 0.3 is 0 Å². The van der Waals surface area contributed by atoms with Crippen molar-refractivity contribution >= 4 is 34.7 Å². The number of fused-ring (bicyclic) bond motifs is 2. The summed E-state index contributed by atoms with van der Waals surface area (Å²) in [5.74, 6) is 5.57. The molecule has 36 heavy (non-hydrogen) atoms. The Kier molecular flexibility index (Phi) is 7.49. The van der Waals surface area contributed by atoms with Gasteiger partial charge in [-0.3, -0.25) is 0 Å². The molecule has 1 unspecified atom stereocenters. The van der Waals surface area contributed by atoms with Gasteiger partial charge in [-0.1, -0.05) is 33.5 Å². The standard InChI is InChI=1S/C26H28BN5O2.C2H6/c1-15(2)27(14-28)18-10-11-32(13-18)24-9-8-21-22(31-24)7-6-20(30-21)19-12-23-25(29-17(4)34-23)16(3)26(19)33-5;1-2/h6-9,12,15,18H,10-11,13H2,1-5H3;1-2H3. The number of anilines is 1. The van der Waals surface area contributed by atoms with Crippen LogP contribution < -0.4 is 9.64 Å². The van der Waals surface area contributed by atoms with E-state index in [4.69, 9.17) is 19.1 Å². The second-order valence-corrected chi connectivity index (χ2v) is 9.46. The van der Waals surface area contributed by atoms with E-state index in [2.05, 4.69) is 29.7 Å². The van der Waals surface area contributed by atoms with Crippen LogP contribution >= 0.6 is 0 Å². The average Bonchev–Trinajstić information content (AvgIpc) is 3.51. The van der Waals surface area contributed by atoms with Crippen LogP contribution in [0.2, 0.25) is 11.6 Å². The molecule has 3 aromatic heterocycles. The molecule has 1 atom stereocenters. The number of benzene rings is 1. The van der Waals surface area contributed by atoms with Crippen LogP contribution in [0.1, 0.15) is 45.6 Å². The van der Waals surface area contributed by atoms with Gasteiger partial charge in [-0.25, -0.2) is 20.2 Å². The van der Waals surface area contributed by atoms with Crippen LogP contribution in [0.3, 0.4) is 0 Å². The number of aromatic nitrogens is 3. The Morgan fingerprint density at radius 1 is 1.11 bits per heavy atom. The third-order valence-corrected chi connectivity index (χ3v) is 6.91. The molecule has 4 aromatic rings. The summed E-state index contributed by atoms with van der Waals surface area (Å²) >= 11 is 0. The van der Waals surface area contributed by atoms with E-state index in [1.807, 2.05) is 58.0 Å². The Hall–Kier alpha value is -3.60. The predicted octanol–water partition coefficient (Wildman–Crippen LogP) is 6.64. The van der Waals surface area contributed by atoms with Gasteiger partial charge in [-0.15, -0.1) is 0 Å². The zero-order valence-corrected chi connectivity index (χ0v) is 22.3. The largest absolute Gasteiger partial charge is 0.496 e. The van der Waals surface area contributed by atoms with Gasteiger partial charge in [0, 0.05) is 37.1 Å². The van der Waals surface area contributed by atoms with E-state index in [0.29, 0.717) is 17.5 Å². The maximum atomic E-state index is 9.58. The lowest BCUT2D eigenvalue weighted by atomic mass is 9.35. The van der Waals surface area contributed by atoms with Crippen molar-refractivity contribution in [3.05, 3.63) is 41.8 Å². The van der Waals surface area contributed by atoms with Crippen molar-refractivity contribution < 1.29 is 9.15 Å². The number of oxazole rings is 1. The molecule has 4 heterocycles. The van der Waals surface area contributed by atoms with Crippen molar-refractivity contribution in [1.29, 1.82) is 5.26 Å². The Morgan fingerprint density at radius 2 is 1.83 bits per heavy atom. The van der Waals surface area contributed by atoms with Gasteiger partial charge < -0.3 is 14.1 Å². The quantitative estimate of drug-likeness (QED) is 0.294. The lowest BCUT2D eigenvalue weighted by molar-refractivity contribution is 0.414. The smallest absolute Gasteiger partial charge is 0.275 e. The molecule has 0 amide bonds. The number of hydrogen-bond acceptors (Lipinski definition) is 7. The minimum absolute atomic E-state index is 0.0820. The average molecular weight is 483 g/mol. The van der Waals surface area contributed by atoms with Gasteiger partial charge in [0.2, 0.25) is 0 Å². The third kappa shape index (κ3) is 4.62. The number of pyridine rings is 2. The maximum absolute atomic E-state index is 9.58. The van der Waals surface area contributed by atoms with E-state index in [-0.39, 0.29) is 6.71 Å². The molecule has 0 spiro atoms. The normalized spacial score (nSPS) is 15.2. The van der Waals surface area contributed by atoms with E-state index >= 15 is 0 Å². The Balaban J connectivity index is 0.00000148. The fourth-order valence-corrected chi connectivity index (χ4v) is 5.18. The van der Waals surface area contributed by atoms with Crippen molar-refractivity contribution in [1.82, 2.24) is 15.0 Å². The zero-order chi connectivity index (χ0) is 26.0. The minimum atomic E-state index is 0.0820. The van der Waals surface area contributed by atoms with Crippen molar-refractivity contribution in [2.45, 2.75) is 59.6 Å². The van der Waals surface area contributed by atoms with Crippen molar-refractivity contribution in [3.63, 3.8) is 0 Å². The second-order valence-electron chi connectivity index (χ2n) is 9.46. The Bertz CT molecular complexity index is 1430. The molecule has 1 fully saturated rings. The number of aryl methyl sites for hydroxylation is 2. The highest BCUT2D eigenvalue weighted by atomic mass is 16.5. The van der Waals surface area contributed by atoms with Crippen molar-refractivity contribution in [2.24, 2.45) is 0 Å². The van der Waals surface area contributed by atoms with Gasteiger partial charge in [0.25, 0.3) is 6.71 Å². The fraction of sp³-hybridized carbons (Fsp3) is 0.429. The van der Waals surface area contributed by atoms with Crippen LogP contribution in [0.5, 0.6) is 5.75 Å². The van der Waals surface area contributed by atoms with E-state index in [1.54, 1.807) is 7.11 Å². The number of nitrogens with zero attached hydrogens (tertiary/aromatic N) is 5. The molecule has 1 saturated heterocycles. The van der Waals surface area contributed by atoms with Crippen LogP contribution in [-0.2, 0) is 0 Å². The summed E-state index contributed by atoms with van der Waals surface area (Å²) in [6.07, 6.45) is 1.02. The Labute approximate surface area is 213 Å². The van der Waals surface area contributed by atoms with Crippen LogP contribution in [0.15, 0.2) is 34.7 Å². The molecule has 0 N–H and O–H groups in total. The first-order valence-corrected chi connectivity index (χ1v) is 12.8. The monoisotopic (exact) mass is 483 g/mol. The molecule has 5 rings (SSSR count). The molecule has 8 heteroatoms. The molecule has 1 aromatic carbocycles. The number of rotatable bonds is 5. The molecule has 1 aliphatic rings. The summed E-state index contributed by atoms with van der Waals surface area (Å²) < 4.78 is 11.5. The van der Waals surface area contributed by atoms with Gasteiger partial charge in [0.05, 0.1) is 23.8 Å². The van der Waals surface area contributed by atoms with Crippen LogP contribution in [0, 0.1) is 25.1 Å². The van der Waals surface area contributed by atoms with Gasteiger partial charge in [0.15, 0.2) is 11.5 Å². The summed E-state index contributed by atoms with van der Waals surface area (Å²) in [7, 11) is 1.67. The second kappa shape index (κ2) is 10.6. The van der Waals surface area contributed by atoms with Gasteiger partial charge in [0.1, 0.15) is 17.1 Å². The van der Waals surface area contributed by atoms with E-state index in [9.17, 15) is 5.26 Å². The number of ether oxygens (including phenoxy) is 1. The summed E-state index contributed by atoms with van der Waals surface area (Å²) in [6.45, 7) is 14.0. The van der Waals surface area contributed by atoms with Gasteiger partial charge in [-0.2, -0.15) is 0 Å². The highest BCUT2D eigenvalue weighted by Crippen LogP contribution is 2.38. The predicted molar refractivity (Wildman–Crippen MR) is 147 cm³/mol. The molecule has 0 bridgehead atoms. The maximum Gasteiger partial charge on any atom is 0.275 e. The first-order chi connectivity index (χ1) is 17.4. The van der Waals surface area contributed by atoms with Crippen molar-refractivity contribution in [3.8, 4) is 23.0 Å². The molecular formula is C28H34BN5O2. The summed E-state index contributed by atoms with van der Waals surface area (Å²) in [5.41, 5.74) is 5.80. The van der Waals surface area contributed by atoms with E-state index < -0.39 is 0 Å². The summed E-state index contributed by atoms with van der Waals surface area (Å²) in [4.78, 5) is 16.6. The van der Waals surface area contributed by atoms with Crippen LogP contribution in [0.25, 0.3) is 33.4 Å². The molecule has 1 aliphatic heterocycles. The van der Waals surface area contributed by atoms with Gasteiger partial charge in [-0.05, 0) is 49.5 Å². The molecule has 0 saturated carbocycles. The number of hydrogen-bond donors (Lipinski definition) is 0. The molecule has 0 radical (unpaired) electrons. The zero-order valence-electron chi connectivity index (χ0n) is 22.3. The molecule has 7 nitrogen and oxygen atoms in total. The first-order valence-electron chi connectivity index (χ1n) is 12.8. The molecular weight excluding hydrogens is 449 g/mol. The number of nitriles is 1. The highest BCUT2D eigenvalue weighted by molar-refractivity contribution is 6.69. The molecule has 186 valence electrons. The van der Waals surface area contributed by atoms with Crippen molar-refractivity contribution in [2.75, 3.05) is 25.1 Å². The topological polar surface area (TPSA) is 88.1 Å². The number of methoxy groups -OCH3 is 1. The minimum Gasteiger partial charge on any atom is -0.496 e. The highest BCUT2D eigenvalue weighted by Gasteiger charge is 2.35. The fourth-order valence-electron chi connectivity index (χ4n) is 5.18. The van der Waals surface area contributed by atoms with E-state index in [0.717, 1.165) is 70.0 Å². The van der Waals surface area contributed by atoms with Crippen LogP contribution in [-0.4, -0.2) is 41.9 Å². The van der Waals surface area contributed by atoms with Crippen LogP contribution in [0.4, 0.5) is 5.82 Å². The first kappa shape index (κ1) is 25.5. The third-order valence-electron chi connectivity index (χ3n) is 6.91. The SMILES string of the molecule is CC.COc1c(-c2ccc3nc(N4CCC(B(C#N)C(C)C)C4)ccc3n2)cc2oc(C)nc2c1C. The summed E-state index contributed by atoms with van der Waals surface area (Å²) in [6, 6.07) is 9.98. The van der Waals surface area contributed by atoms with E-state index in [1.165, 1.54) is 0 Å². The lowest BCUT2D eigenvalue weighted by Gasteiger charge is -2.20. The summed E-state index contributed by atoms with van der Waals surface area (Å²) in [5, 5.41) is 9.58. The molecule has 0 aliphatic carbocycles. The Morgan fingerprint density at radius 3 is 2.53 bits per heavy atom. The lowest BCUT2D eigenvalue weighted by Crippen LogP contribution is -2.27.